The van der Waals surface area contributed by atoms with Crippen molar-refractivity contribution in [3.8, 4) is 6.07 Å². The molecule has 2 fully saturated rings. The Bertz CT molecular complexity index is 1380. The lowest BCUT2D eigenvalue weighted by Crippen LogP contribution is -2.46. The van der Waals surface area contributed by atoms with Gasteiger partial charge in [-0.05, 0) is 30.4 Å². The van der Waals surface area contributed by atoms with Crippen LogP contribution < -0.4 is 4.90 Å². The Hall–Kier alpha value is -4.65. The third-order valence-electron chi connectivity index (χ3n) is 6.35. The van der Waals surface area contributed by atoms with Crippen LogP contribution in [0.25, 0.3) is 0 Å². The monoisotopic (exact) mass is 458 g/mol. The SMILES string of the molecule is N#CC1=C[C@@H]2[C@@H]3C(=O)N(c4cccc(F)c4)C(=O)[C@H]3[C@@H](C(=O)c3cccc([N+](=O)[O-])c3)N2C=C1. The predicted octanol–water partition coefficient (Wildman–Crippen LogP) is 2.75. The lowest BCUT2D eigenvalue weighted by molar-refractivity contribution is -0.384. The molecule has 0 saturated carbocycles. The number of ketones is 1. The number of hydrogen-bond acceptors (Lipinski definition) is 7. The molecule has 168 valence electrons. The van der Waals surface area contributed by atoms with Gasteiger partial charge in [0.05, 0.1) is 40.1 Å². The van der Waals surface area contributed by atoms with Gasteiger partial charge in [-0.25, -0.2) is 9.29 Å². The highest BCUT2D eigenvalue weighted by molar-refractivity contribution is 6.24. The number of benzene rings is 2. The summed E-state index contributed by atoms with van der Waals surface area (Å²) in [6.45, 7) is 0. The van der Waals surface area contributed by atoms with Crippen LogP contribution in [-0.4, -0.2) is 39.5 Å². The summed E-state index contributed by atoms with van der Waals surface area (Å²) >= 11 is 0. The first-order chi connectivity index (χ1) is 16.3. The highest BCUT2D eigenvalue weighted by atomic mass is 19.1. The van der Waals surface area contributed by atoms with Gasteiger partial charge in [0, 0.05) is 23.9 Å². The van der Waals surface area contributed by atoms with E-state index in [1.165, 1.54) is 54.8 Å². The molecule has 10 heteroatoms. The normalized spacial score (nSPS) is 25.0. The van der Waals surface area contributed by atoms with E-state index in [0.717, 1.165) is 17.0 Å². The van der Waals surface area contributed by atoms with Gasteiger partial charge < -0.3 is 4.90 Å². The van der Waals surface area contributed by atoms with Crippen LogP contribution >= 0.6 is 0 Å². The highest BCUT2D eigenvalue weighted by Crippen LogP contribution is 2.47. The summed E-state index contributed by atoms with van der Waals surface area (Å²) in [5.41, 5.74) is 0.0563. The second-order valence-corrected chi connectivity index (χ2v) is 8.15. The molecule has 3 aliphatic heterocycles. The van der Waals surface area contributed by atoms with Crippen molar-refractivity contribution in [2.24, 2.45) is 11.8 Å². The molecule has 4 atom stereocenters. The Kier molecular flexibility index (Phi) is 4.83. The number of carbonyl (C=O) groups is 3. The number of nitrogens with zero attached hydrogens (tertiary/aromatic N) is 4. The van der Waals surface area contributed by atoms with Crippen LogP contribution in [0.2, 0.25) is 0 Å². The van der Waals surface area contributed by atoms with Gasteiger partial charge in [-0.2, -0.15) is 5.26 Å². The van der Waals surface area contributed by atoms with Crippen LogP contribution in [0.5, 0.6) is 0 Å². The van der Waals surface area contributed by atoms with Crippen molar-refractivity contribution in [3.05, 3.63) is 94.0 Å². The molecule has 3 heterocycles. The molecule has 2 saturated heterocycles. The van der Waals surface area contributed by atoms with Crippen molar-refractivity contribution in [1.29, 1.82) is 5.26 Å². The Morgan fingerprint density at radius 1 is 1.09 bits per heavy atom. The van der Waals surface area contributed by atoms with Gasteiger partial charge in [0.15, 0.2) is 5.78 Å². The average molecular weight is 458 g/mol. The lowest BCUT2D eigenvalue weighted by atomic mass is 9.86. The van der Waals surface area contributed by atoms with Gasteiger partial charge in [0.1, 0.15) is 11.9 Å². The number of allylic oxidation sites excluding steroid dienone is 2. The number of amides is 2. The molecule has 2 aromatic rings. The zero-order chi connectivity index (χ0) is 24.1. The van der Waals surface area contributed by atoms with Crippen LogP contribution in [0, 0.1) is 39.1 Å². The maximum Gasteiger partial charge on any atom is 0.270 e. The number of carbonyl (C=O) groups excluding carboxylic acids is 3. The summed E-state index contributed by atoms with van der Waals surface area (Å²) in [6, 6.07) is 10.3. The molecule has 9 nitrogen and oxygen atoms in total. The summed E-state index contributed by atoms with van der Waals surface area (Å²) < 4.78 is 13.8. The lowest BCUT2D eigenvalue weighted by Gasteiger charge is -2.32. The fourth-order valence-electron chi connectivity index (χ4n) is 4.93. The summed E-state index contributed by atoms with van der Waals surface area (Å²) in [4.78, 5) is 53.5. The van der Waals surface area contributed by atoms with Gasteiger partial charge in [-0.15, -0.1) is 0 Å². The Labute approximate surface area is 192 Å². The van der Waals surface area contributed by atoms with Crippen LogP contribution in [0.15, 0.2) is 72.5 Å². The van der Waals surface area contributed by atoms with E-state index in [1.807, 2.05) is 6.07 Å². The van der Waals surface area contributed by atoms with Crippen LogP contribution in [0.1, 0.15) is 10.4 Å². The van der Waals surface area contributed by atoms with Gasteiger partial charge in [-0.3, -0.25) is 24.5 Å². The van der Waals surface area contributed by atoms with E-state index in [9.17, 15) is 34.2 Å². The second kappa shape index (κ2) is 7.74. The Balaban J connectivity index is 1.61. The zero-order valence-electron chi connectivity index (χ0n) is 17.4. The van der Waals surface area contributed by atoms with E-state index >= 15 is 0 Å². The predicted molar refractivity (Wildman–Crippen MR) is 116 cm³/mol. The molecule has 34 heavy (non-hydrogen) atoms. The number of Topliss-reactive ketones (excluding diaryl/α,β-unsaturated/α-hetero) is 1. The quantitative estimate of drug-likeness (QED) is 0.299. The van der Waals surface area contributed by atoms with E-state index in [4.69, 9.17) is 0 Å². The van der Waals surface area contributed by atoms with Crippen LogP contribution in [0.4, 0.5) is 15.8 Å². The molecule has 3 aliphatic rings. The average Bonchev–Trinajstić information content (AvgIpc) is 3.30. The molecule has 0 spiro atoms. The summed E-state index contributed by atoms with van der Waals surface area (Å²) in [7, 11) is 0. The van der Waals surface area contributed by atoms with Crippen molar-refractivity contribution < 1.29 is 23.7 Å². The minimum absolute atomic E-state index is 0.0199. The molecule has 0 radical (unpaired) electrons. The number of hydrogen-bond donors (Lipinski definition) is 0. The van der Waals surface area contributed by atoms with E-state index in [1.54, 1.807) is 4.90 Å². The first-order valence-electron chi connectivity index (χ1n) is 10.3. The van der Waals surface area contributed by atoms with Crippen LogP contribution in [-0.2, 0) is 9.59 Å². The number of imide groups is 1. The third-order valence-corrected chi connectivity index (χ3v) is 6.35. The zero-order valence-corrected chi connectivity index (χ0v) is 17.4. The third kappa shape index (κ3) is 3.09. The first kappa shape index (κ1) is 21.2. The summed E-state index contributed by atoms with van der Waals surface area (Å²) in [5, 5.41) is 20.5. The highest BCUT2D eigenvalue weighted by Gasteiger charge is 2.63. The van der Waals surface area contributed by atoms with E-state index in [0.29, 0.717) is 0 Å². The second-order valence-electron chi connectivity index (χ2n) is 8.15. The van der Waals surface area contributed by atoms with Gasteiger partial charge in [-0.1, -0.05) is 18.2 Å². The van der Waals surface area contributed by atoms with Crippen molar-refractivity contribution in [1.82, 2.24) is 4.90 Å². The van der Waals surface area contributed by atoms with Crippen molar-refractivity contribution in [2.45, 2.75) is 12.1 Å². The standard InChI is InChI=1S/C24H15FN4O5/c25-15-4-2-5-16(11-15)28-23(31)19-18-9-13(12-26)7-8-27(18)21(20(19)24(28)32)22(30)14-3-1-6-17(10-14)29(33)34/h1-11,18-21H/t18-,19+,20-,21+/m1/s1. The van der Waals surface area contributed by atoms with Crippen molar-refractivity contribution in [2.75, 3.05) is 4.90 Å². The van der Waals surface area contributed by atoms with Gasteiger partial charge >= 0.3 is 0 Å². The maximum absolute atomic E-state index is 13.8. The number of non-ortho nitro benzene ring substituents is 1. The molecular weight excluding hydrogens is 443 g/mol. The van der Waals surface area contributed by atoms with Gasteiger partial charge in [0.25, 0.3) is 5.69 Å². The Morgan fingerprint density at radius 3 is 2.53 bits per heavy atom. The number of fused-ring (bicyclic) bond motifs is 3. The fraction of sp³-hybridized carbons (Fsp3) is 0.167. The minimum Gasteiger partial charge on any atom is -0.359 e. The number of rotatable bonds is 4. The van der Waals surface area contributed by atoms with E-state index < -0.39 is 52.3 Å². The number of nitriles is 1. The van der Waals surface area contributed by atoms with E-state index in [2.05, 4.69) is 0 Å². The molecule has 0 unspecified atom stereocenters. The largest absolute Gasteiger partial charge is 0.359 e. The molecule has 0 N–H and O–H groups in total. The number of nitro groups is 1. The number of halogens is 1. The minimum atomic E-state index is -1.14. The van der Waals surface area contributed by atoms with Gasteiger partial charge in [0.2, 0.25) is 11.8 Å². The molecular formula is C24H15FN4O5. The summed E-state index contributed by atoms with van der Waals surface area (Å²) in [5.74, 6) is -4.58. The molecule has 5 rings (SSSR count). The number of anilines is 1. The molecule has 0 aliphatic carbocycles. The van der Waals surface area contributed by atoms with Crippen molar-refractivity contribution >= 4 is 29.0 Å². The first-order valence-corrected chi connectivity index (χ1v) is 10.3. The Morgan fingerprint density at radius 2 is 1.82 bits per heavy atom. The fourth-order valence-corrected chi connectivity index (χ4v) is 4.93. The number of nitro benzene ring substituents is 1. The smallest absolute Gasteiger partial charge is 0.270 e. The molecule has 2 amide bonds. The van der Waals surface area contributed by atoms with E-state index in [-0.39, 0.29) is 22.5 Å². The molecule has 0 aromatic heterocycles. The molecule has 2 aromatic carbocycles. The summed E-state index contributed by atoms with van der Waals surface area (Å²) in [6.07, 6.45) is 4.50. The van der Waals surface area contributed by atoms with Crippen LogP contribution in [0.3, 0.4) is 0 Å². The molecule has 0 bridgehead atoms. The topological polar surface area (TPSA) is 125 Å². The maximum atomic E-state index is 13.8. The van der Waals surface area contributed by atoms with Crippen molar-refractivity contribution in [3.63, 3.8) is 0 Å².